The Morgan fingerprint density at radius 2 is 2.00 bits per heavy atom. The van der Waals surface area contributed by atoms with Crippen LogP contribution in [0.3, 0.4) is 0 Å². The molecule has 0 saturated carbocycles. The molecule has 1 amide bonds. The Labute approximate surface area is 130 Å². The molecule has 0 unspecified atom stereocenters. The van der Waals surface area contributed by atoms with Crippen LogP contribution in [0.2, 0.25) is 0 Å². The maximum atomic E-state index is 12.0. The van der Waals surface area contributed by atoms with Gasteiger partial charge in [-0.2, -0.15) is 5.10 Å². The third-order valence-electron chi connectivity index (χ3n) is 3.81. The Morgan fingerprint density at radius 1 is 1.32 bits per heavy atom. The SMILES string of the molecule is Cc1nn(CCC(=O)Nc2cc(C(C)(C)C)on2)c(C)c1C. The van der Waals surface area contributed by atoms with Crippen LogP contribution in [0.4, 0.5) is 5.82 Å². The monoisotopic (exact) mass is 304 g/mol. The largest absolute Gasteiger partial charge is 0.359 e. The molecular weight excluding hydrogens is 280 g/mol. The average Bonchev–Trinajstić information content (AvgIpc) is 2.97. The lowest BCUT2D eigenvalue weighted by atomic mass is 9.93. The fourth-order valence-corrected chi connectivity index (χ4v) is 2.10. The lowest BCUT2D eigenvalue weighted by Gasteiger charge is -2.12. The van der Waals surface area contributed by atoms with Gasteiger partial charge < -0.3 is 9.84 Å². The van der Waals surface area contributed by atoms with Crippen molar-refractivity contribution in [1.82, 2.24) is 14.9 Å². The Kier molecular flexibility index (Phi) is 4.39. The lowest BCUT2D eigenvalue weighted by molar-refractivity contribution is -0.116. The van der Waals surface area contributed by atoms with Crippen LogP contribution in [0.1, 0.15) is 49.9 Å². The summed E-state index contributed by atoms with van der Waals surface area (Å²) in [4.78, 5) is 12.0. The van der Waals surface area contributed by atoms with Gasteiger partial charge in [-0.25, -0.2) is 0 Å². The molecule has 22 heavy (non-hydrogen) atoms. The zero-order chi connectivity index (χ0) is 16.5. The summed E-state index contributed by atoms with van der Waals surface area (Å²) < 4.78 is 7.12. The minimum absolute atomic E-state index is 0.0982. The van der Waals surface area contributed by atoms with Gasteiger partial charge in [0.05, 0.1) is 5.69 Å². The summed E-state index contributed by atoms with van der Waals surface area (Å²) in [5.41, 5.74) is 3.15. The van der Waals surface area contributed by atoms with Crippen LogP contribution in [0.5, 0.6) is 0 Å². The Morgan fingerprint density at radius 3 is 2.50 bits per heavy atom. The number of aryl methyl sites for hydroxylation is 2. The first-order chi connectivity index (χ1) is 10.2. The van der Waals surface area contributed by atoms with E-state index in [1.165, 1.54) is 5.56 Å². The number of carbonyl (C=O) groups is 1. The van der Waals surface area contributed by atoms with Gasteiger partial charge in [0.15, 0.2) is 5.82 Å². The van der Waals surface area contributed by atoms with Crippen molar-refractivity contribution < 1.29 is 9.32 Å². The summed E-state index contributed by atoms with van der Waals surface area (Å²) >= 11 is 0. The number of aromatic nitrogens is 3. The highest BCUT2D eigenvalue weighted by atomic mass is 16.5. The normalized spacial score (nSPS) is 11.7. The number of anilines is 1. The molecule has 6 heteroatoms. The Bertz CT molecular complexity index is 677. The molecule has 0 fully saturated rings. The standard InChI is InChI=1S/C16H24N4O2/c1-10-11(2)18-20(12(10)3)8-7-15(21)17-14-9-13(22-19-14)16(4,5)6/h9H,7-8H2,1-6H3,(H,17,19,21). The first-order valence-electron chi connectivity index (χ1n) is 7.46. The fourth-order valence-electron chi connectivity index (χ4n) is 2.10. The van der Waals surface area contributed by atoms with Gasteiger partial charge in [0.1, 0.15) is 5.76 Å². The van der Waals surface area contributed by atoms with Crippen molar-refractivity contribution in [2.75, 3.05) is 5.32 Å². The topological polar surface area (TPSA) is 73.0 Å². The van der Waals surface area contributed by atoms with E-state index < -0.39 is 0 Å². The van der Waals surface area contributed by atoms with Gasteiger partial charge in [0.25, 0.3) is 0 Å². The molecule has 0 atom stereocenters. The van der Waals surface area contributed by atoms with Gasteiger partial charge in [0, 0.05) is 30.1 Å². The van der Waals surface area contributed by atoms with E-state index in [2.05, 4.69) is 15.6 Å². The van der Waals surface area contributed by atoms with E-state index in [9.17, 15) is 4.79 Å². The first-order valence-corrected chi connectivity index (χ1v) is 7.46. The summed E-state index contributed by atoms with van der Waals surface area (Å²) in [7, 11) is 0. The van der Waals surface area contributed by atoms with Crippen LogP contribution in [0, 0.1) is 20.8 Å². The summed E-state index contributed by atoms with van der Waals surface area (Å²) in [5, 5.41) is 11.1. The Balaban J connectivity index is 1.93. The molecule has 0 spiro atoms. The molecule has 2 rings (SSSR count). The highest BCUT2D eigenvalue weighted by Gasteiger charge is 2.20. The van der Waals surface area contributed by atoms with Crippen molar-refractivity contribution in [3.63, 3.8) is 0 Å². The lowest BCUT2D eigenvalue weighted by Crippen LogP contribution is -2.16. The second kappa shape index (κ2) is 5.94. The van der Waals surface area contributed by atoms with Crippen molar-refractivity contribution in [1.29, 1.82) is 0 Å². The number of rotatable bonds is 4. The minimum atomic E-state index is -0.128. The highest BCUT2D eigenvalue weighted by molar-refractivity contribution is 5.89. The number of hydrogen-bond donors (Lipinski definition) is 1. The fraction of sp³-hybridized carbons (Fsp3) is 0.562. The van der Waals surface area contributed by atoms with Gasteiger partial charge in [-0.05, 0) is 26.3 Å². The van der Waals surface area contributed by atoms with Crippen molar-refractivity contribution >= 4 is 11.7 Å². The number of carbonyl (C=O) groups excluding carboxylic acids is 1. The zero-order valence-corrected chi connectivity index (χ0v) is 14.1. The van der Waals surface area contributed by atoms with Crippen LogP contribution < -0.4 is 5.32 Å². The van der Waals surface area contributed by atoms with E-state index in [-0.39, 0.29) is 11.3 Å². The maximum Gasteiger partial charge on any atom is 0.227 e. The molecule has 0 bridgehead atoms. The van der Waals surface area contributed by atoms with Crippen LogP contribution in [-0.4, -0.2) is 20.8 Å². The molecule has 0 aliphatic rings. The van der Waals surface area contributed by atoms with Crippen LogP contribution in [-0.2, 0) is 16.8 Å². The quantitative estimate of drug-likeness (QED) is 0.942. The molecular formula is C16H24N4O2. The molecule has 2 aromatic heterocycles. The predicted molar refractivity (Wildman–Crippen MR) is 84.9 cm³/mol. The molecule has 0 radical (unpaired) electrons. The zero-order valence-electron chi connectivity index (χ0n) is 14.1. The highest BCUT2D eigenvalue weighted by Crippen LogP contribution is 2.24. The molecule has 1 N–H and O–H groups in total. The molecule has 120 valence electrons. The van der Waals surface area contributed by atoms with Crippen LogP contribution >= 0.6 is 0 Å². The number of amides is 1. The number of hydrogen-bond acceptors (Lipinski definition) is 4. The first kappa shape index (κ1) is 16.3. The summed E-state index contributed by atoms with van der Waals surface area (Å²) in [5.74, 6) is 1.11. The van der Waals surface area contributed by atoms with Crippen molar-refractivity contribution in [2.45, 2.75) is 59.9 Å². The Hall–Kier alpha value is -2.11. The van der Waals surface area contributed by atoms with E-state index in [1.54, 1.807) is 6.07 Å². The molecule has 2 heterocycles. The smallest absolute Gasteiger partial charge is 0.227 e. The second-order valence-corrected chi connectivity index (χ2v) is 6.64. The van der Waals surface area contributed by atoms with E-state index in [1.807, 2.05) is 46.2 Å². The van der Waals surface area contributed by atoms with Crippen molar-refractivity contribution in [3.05, 3.63) is 28.8 Å². The molecule has 2 aromatic rings. The van der Waals surface area contributed by atoms with Gasteiger partial charge in [0.2, 0.25) is 5.91 Å². The molecule has 0 aliphatic heterocycles. The third-order valence-corrected chi connectivity index (χ3v) is 3.81. The summed E-state index contributed by atoms with van der Waals surface area (Å²) in [6.45, 7) is 12.7. The van der Waals surface area contributed by atoms with Crippen molar-refractivity contribution in [3.8, 4) is 0 Å². The number of nitrogens with one attached hydrogen (secondary N) is 1. The average molecular weight is 304 g/mol. The summed E-state index contributed by atoms with van der Waals surface area (Å²) in [6, 6.07) is 1.77. The van der Waals surface area contributed by atoms with Gasteiger partial charge in [-0.1, -0.05) is 25.9 Å². The van der Waals surface area contributed by atoms with E-state index >= 15 is 0 Å². The van der Waals surface area contributed by atoms with E-state index in [0.29, 0.717) is 18.8 Å². The van der Waals surface area contributed by atoms with Crippen LogP contribution in [0.15, 0.2) is 10.6 Å². The molecule has 0 aromatic carbocycles. The van der Waals surface area contributed by atoms with Gasteiger partial charge in [-0.15, -0.1) is 0 Å². The van der Waals surface area contributed by atoms with Crippen molar-refractivity contribution in [2.24, 2.45) is 0 Å². The van der Waals surface area contributed by atoms with E-state index in [4.69, 9.17) is 4.52 Å². The van der Waals surface area contributed by atoms with Gasteiger partial charge in [-0.3, -0.25) is 9.48 Å². The maximum absolute atomic E-state index is 12.0. The van der Waals surface area contributed by atoms with Crippen LogP contribution in [0.25, 0.3) is 0 Å². The van der Waals surface area contributed by atoms with Gasteiger partial charge >= 0.3 is 0 Å². The predicted octanol–water partition coefficient (Wildman–Crippen LogP) is 3.12. The summed E-state index contributed by atoms with van der Waals surface area (Å²) in [6.07, 6.45) is 0.346. The minimum Gasteiger partial charge on any atom is -0.359 e. The molecule has 0 aliphatic carbocycles. The third kappa shape index (κ3) is 3.55. The number of nitrogens with zero attached hydrogens (tertiary/aromatic N) is 3. The second-order valence-electron chi connectivity index (χ2n) is 6.64. The molecule has 6 nitrogen and oxygen atoms in total. The van der Waals surface area contributed by atoms with E-state index in [0.717, 1.165) is 17.1 Å². The molecule has 0 saturated heterocycles.